The second-order valence-electron chi connectivity index (χ2n) is 5.35. The Balaban J connectivity index is 2.25. The van der Waals surface area contributed by atoms with E-state index in [4.69, 9.17) is 16.2 Å². The molecular weight excluding hydrogens is 366 g/mol. The van der Waals surface area contributed by atoms with Gasteiger partial charge in [0.05, 0.1) is 17.3 Å². The number of halogens is 1. The average Bonchev–Trinajstić information content (AvgIpc) is 2.78. The second-order valence-corrected chi connectivity index (χ2v) is 9.59. The molecule has 1 fully saturated rings. The van der Waals surface area contributed by atoms with Crippen molar-refractivity contribution >= 4 is 37.5 Å². The Morgan fingerprint density at radius 2 is 1.91 bits per heavy atom. The third kappa shape index (κ3) is 5.17. The highest BCUT2D eigenvalue weighted by atomic mass is 35.5. The fourth-order valence-electron chi connectivity index (χ4n) is 2.44. The van der Waals surface area contributed by atoms with Gasteiger partial charge in [-0.1, -0.05) is 11.6 Å². The first kappa shape index (κ1) is 18.2. The van der Waals surface area contributed by atoms with Crippen LogP contribution in [0.15, 0.2) is 24.3 Å². The van der Waals surface area contributed by atoms with Crippen LogP contribution in [-0.4, -0.2) is 62.0 Å². The third-order valence-electron chi connectivity index (χ3n) is 3.59. The zero-order chi connectivity index (χ0) is 17.3. The van der Waals surface area contributed by atoms with Gasteiger partial charge in [-0.05, 0) is 30.7 Å². The van der Waals surface area contributed by atoms with Gasteiger partial charge in [-0.2, -0.15) is 8.42 Å². The summed E-state index contributed by atoms with van der Waals surface area (Å²) in [5.41, 5.74) is 0.272. The summed E-state index contributed by atoms with van der Waals surface area (Å²) in [6.45, 7) is -0.277. The Bertz CT molecular complexity index is 788. The van der Waals surface area contributed by atoms with E-state index in [9.17, 15) is 21.6 Å². The largest absolute Gasteiger partial charge is 0.333 e. The molecule has 10 heteroatoms. The average molecular weight is 382 g/mol. The number of benzene rings is 1. The Morgan fingerprint density at radius 3 is 2.39 bits per heavy atom. The predicted molar refractivity (Wildman–Crippen MR) is 86.0 cm³/mol. The number of hydrogen-bond acceptors (Lipinski definition) is 5. The van der Waals surface area contributed by atoms with Gasteiger partial charge in [0, 0.05) is 23.2 Å². The van der Waals surface area contributed by atoms with Gasteiger partial charge in [0.2, 0.25) is 0 Å². The van der Waals surface area contributed by atoms with Crippen molar-refractivity contribution in [1.82, 2.24) is 4.90 Å². The Labute approximate surface area is 139 Å². The number of rotatable bonds is 5. The molecule has 0 saturated carbocycles. The molecule has 0 aromatic heterocycles. The van der Waals surface area contributed by atoms with Crippen molar-refractivity contribution in [2.24, 2.45) is 0 Å². The summed E-state index contributed by atoms with van der Waals surface area (Å²) in [7, 11) is -7.51. The molecule has 23 heavy (non-hydrogen) atoms. The van der Waals surface area contributed by atoms with Crippen LogP contribution < -0.4 is 0 Å². The van der Waals surface area contributed by atoms with Crippen LogP contribution in [0.25, 0.3) is 0 Å². The van der Waals surface area contributed by atoms with Crippen LogP contribution in [0.4, 0.5) is 0 Å². The summed E-state index contributed by atoms with van der Waals surface area (Å²) in [4.78, 5) is 13.8. The van der Waals surface area contributed by atoms with Crippen LogP contribution in [0.5, 0.6) is 0 Å². The highest BCUT2D eigenvalue weighted by Crippen LogP contribution is 2.21. The first-order chi connectivity index (χ1) is 10.6. The van der Waals surface area contributed by atoms with Crippen molar-refractivity contribution in [2.45, 2.75) is 12.5 Å². The first-order valence-electron chi connectivity index (χ1n) is 6.79. The van der Waals surface area contributed by atoms with Crippen molar-refractivity contribution in [3.8, 4) is 0 Å². The quantitative estimate of drug-likeness (QED) is 0.757. The molecule has 1 aliphatic heterocycles. The molecule has 0 spiro atoms. The molecule has 0 radical (unpaired) electrons. The Morgan fingerprint density at radius 1 is 1.30 bits per heavy atom. The minimum Gasteiger partial charge on any atom is -0.333 e. The third-order valence-corrected chi connectivity index (χ3v) is 6.29. The standard InChI is InChI=1S/C13H16ClNO6S2/c14-11-3-1-10(2-4-11)13(16)15(6-8-23(19,20)21)12-5-7-22(17,18)9-12/h1-4,12H,5-9H2,(H,19,20,21)/t12-/m0/s1. The smallest absolute Gasteiger partial charge is 0.266 e. The molecule has 1 aliphatic rings. The molecule has 1 heterocycles. The minimum atomic E-state index is -4.26. The van der Waals surface area contributed by atoms with E-state index < -0.39 is 37.7 Å². The van der Waals surface area contributed by atoms with E-state index in [0.29, 0.717) is 5.02 Å². The molecule has 0 aliphatic carbocycles. The lowest BCUT2D eigenvalue weighted by atomic mass is 10.1. The summed E-state index contributed by atoms with van der Waals surface area (Å²) in [5.74, 6) is -1.40. The zero-order valence-corrected chi connectivity index (χ0v) is 14.4. The van der Waals surface area contributed by atoms with Gasteiger partial charge >= 0.3 is 0 Å². The lowest BCUT2D eigenvalue weighted by molar-refractivity contribution is 0.0709. The molecule has 128 valence electrons. The molecule has 7 nitrogen and oxygen atoms in total. The summed E-state index contributed by atoms with van der Waals surface area (Å²) in [5, 5.41) is 0.439. The SMILES string of the molecule is O=C(c1ccc(Cl)cc1)N(CCS(=O)(=O)O)[C@H]1CCS(=O)(=O)C1. The number of hydrogen-bond donors (Lipinski definition) is 1. The van der Waals surface area contributed by atoms with Crippen LogP contribution in [0.2, 0.25) is 5.02 Å². The second kappa shape index (κ2) is 6.76. The normalized spacial score (nSPS) is 20.3. The van der Waals surface area contributed by atoms with E-state index in [1.807, 2.05) is 0 Å². The highest BCUT2D eigenvalue weighted by molar-refractivity contribution is 7.91. The molecule has 0 unspecified atom stereocenters. The van der Waals surface area contributed by atoms with E-state index in [-0.39, 0.29) is 30.0 Å². The van der Waals surface area contributed by atoms with Crippen molar-refractivity contribution in [3.63, 3.8) is 0 Å². The lowest BCUT2D eigenvalue weighted by Gasteiger charge is -2.28. The van der Waals surface area contributed by atoms with Gasteiger partial charge in [0.15, 0.2) is 9.84 Å². The summed E-state index contributed by atoms with van der Waals surface area (Å²) >= 11 is 5.76. The summed E-state index contributed by atoms with van der Waals surface area (Å²) in [6, 6.07) is 5.38. The molecule has 1 N–H and O–H groups in total. The first-order valence-corrected chi connectivity index (χ1v) is 10.6. The fourth-order valence-corrected chi connectivity index (χ4v) is 4.73. The van der Waals surface area contributed by atoms with Gasteiger partial charge in [0.25, 0.3) is 16.0 Å². The van der Waals surface area contributed by atoms with E-state index in [2.05, 4.69) is 0 Å². The van der Waals surface area contributed by atoms with Crippen LogP contribution in [0, 0.1) is 0 Å². The molecule has 1 aromatic carbocycles. The van der Waals surface area contributed by atoms with Crippen molar-refractivity contribution in [2.75, 3.05) is 23.8 Å². The molecule has 1 atom stereocenters. The molecule has 1 amide bonds. The lowest BCUT2D eigenvalue weighted by Crippen LogP contribution is -2.43. The molecule has 1 aromatic rings. The van der Waals surface area contributed by atoms with Gasteiger partial charge in [-0.15, -0.1) is 0 Å². The van der Waals surface area contributed by atoms with Crippen molar-refractivity contribution in [1.29, 1.82) is 0 Å². The van der Waals surface area contributed by atoms with Gasteiger partial charge in [0.1, 0.15) is 0 Å². The van der Waals surface area contributed by atoms with Crippen LogP contribution >= 0.6 is 11.6 Å². The highest BCUT2D eigenvalue weighted by Gasteiger charge is 2.35. The Hall–Kier alpha value is -1.16. The Kier molecular flexibility index (Phi) is 5.34. The van der Waals surface area contributed by atoms with E-state index in [1.165, 1.54) is 29.2 Å². The summed E-state index contributed by atoms with van der Waals surface area (Å²) in [6.07, 6.45) is 0.243. The minimum absolute atomic E-state index is 0.0477. The van der Waals surface area contributed by atoms with Crippen LogP contribution in [-0.2, 0) is 20.0 Å². The topological polar surface area (TPSA) is 109 Å². The molecule has 1 saturated heterocycles. The maximum atomic E-state index is 12.6. The summed E-state index contributed by atoms with van der Waals surface area (Å²) < 4.78 is 54.1. The van der Waals surface area contributed by atoms with Crippen LogP contribution in [0.3, 0.4) is 0 Å². The number of amides is 1. The maximum absolute atomic E-state index is 12.6. The van der Waals surface area contributed by atoms with E-state index >= 15 is 0 Å². The van der Waals surface area contributed by atoms with Gasteiger partial charge < -0.3 is 4.90 Å². The van der Waals surface area contributed by atoms with Gasteiger partial charge in [-0.3, -0.25) is 9.35 Å². The number of sulfone groups is 1. The zero-order valence-electron chi connectivity index (χ0n) is 12.1. The maximum Gasteiger partial charge on any atom is 0.266 e. The van der Waals surface area contributed by atoms with Crippen LogP contribution in [0.1, 0.15) is 16.8 Å². The van der Waals surface area contributed by atoms with E-state index in [0.717, 1.165) is 0 Å². The molecule has 0 bridgehead atoms. The monoisotopic (exact) mass is 381 g/mol. The van der Waals surface area contributed by atoms with E-state index in [1.54, 1.807) is 0 Å². The fraction of sp³-hybridized carbons (Fsp3) is 0.462. The van der Waals surface area contributed by atoms with Crippen molar-refractivity contribution in [3.05, 3.63) is 34.9 Å². The number of carbonyl (C=O) groups is 1. The number of nitrogens with zero attached hydrogens (tertiary/aromatic N) is 1. The number of carbonyl (C=O) groups excluding carboxylic acids is 1. The molecule has 2 rings (SSSR count). The predicted octanol–water partition coefficient (Wildman–Crippen LogP) is 0.857. The molecular formula is C13H16ClNO6S2. The van der Waals surface area contributed by atoms with Crippen molar-refractivity contribution < 1.29 is 26.2 Å². The van der Waals surface area contributed by atoms with Gasteiger partial charge in [-0.25, -0.2) is 8.42 Å².